The summed E-state index contributed by atoms with van der Waals surface area (Å²) in [5.41, 5.74) is 1.85. The van der Waals surface area contributed by atoms with Gasteiger partial charge in [0.25, 0.3) is 11.2 Å². The average Bonchev–Trinajstić information content (AvgIpc) is 3.51. The maximum atomic E-state index is 13.8. The van der Waals surface area contributed by atoms with Gasteiger partial charge in [-0.3, -0.25) is 19.5 Å². The first-order valence-electron chi connectivity index (χ1n) is 12.5. The Balaban J connectivity index is 1.60. The highest BCUT2D eigenvalue weighted by atomic mass is 79.9. The number of thiazole rings is 1. The van der Waals surface area contributed by atoms with Gasteiger partial charge in [0.1, 0.15) is 11.5 Å². The first-order valence-corrected chi connectivity index (χ1v) is 15.3. The van der Waals surface area contributed by atoms with Gasteiger partial charge in [-0.15, -0.1) is 11.8 Å². The van der Waals surface area contributed by atoms with Gasteiger partial charge in [-0.2, -0.15) is 0 Å². The topological polar surface area (TPSA) is 117 Å². The number of non-ortho nitro benzene ring substituents is 1. The molecular weight excluding hydrogens is 630 g/mol. The van der Waals surface area contributed by atoms with E-state index < -0.39 is 16.9 Å². The number of hydrogen-bond acceptors (Lipinski definition) is 9. The van der Waals surface area contributed by atoms with Crippen molar-refractivity contribution in [3.05, 3.63) is 111 Å². The van der Waals surface area contributed by atoms with Gasteiger partial charge < -0.3 is 9.15 Å². The van der Waals surface area contributed by atoms with Gasteiger partial charge in [0.2, 0.25) is 0 Å². The molecule has 12 heteroatoms. The summed E-state index contributed by atoms with van der Waals surface area (Å²) in [5.74, 6) is 0.387. The van der Waals surface area contributed by atoms with Crippen molar-refractivity contribution in [2.45, 2.75) is 37.8 Å². The van der Waals surface area contributed by atoms with Crippen molar-refractivity contribution in [2.75, 3.05) is 6.26 Å². The lowest BCUT2D eigenvalue weighted by atomic mass is 9.96. The molecule has 0 saturated heterocycles. The molecule has 0 unspecified atom stereocenters. The second kappa shape index (κ2) is 11.6. The van der Waals surface area contributed by atoms with Gasteiger partial charge in [0.05, 0.1) is 32.9 Å². The van der Waals surface area contributed by atoms with Gasteiger partial charge in [-0.1, -0.05) is 23.5 Å². The van der Waals surface area contributed by atoms with Crippen LogP contribution in [0.3, 0.4) is 0 Å². The Morgan fingerprint density at radius 1 is 1.22 bits per heavy atom. The molecule has 0 bridgehead atoms. The molecule has 0 radical (unpaired) electrons. The van der Waals surface area contributed by atoms with Crippen LogP contribution >= 0.6 is 39.0 Å². The molecule has 0 N–H and O–H groups in total. The van der Waals surface area contributed by atoms with E-state index in [0.29, 0.717) is 42.2 Å². The van der Waals surface area contributed by atoms with E-state index in [0.717, 1.165) is 10.5 Å². The van der Waals surface area contributed by atoms with Gasteiger partial charge in [0, 0.05) is 33.1 Å². The van der Waals surface area contributed by atoms with Crippen LogP contribution < -0.4 is 14.9 Å². The number of benzene rings is 2. The molecule has 0 saturated carbocycles. The predicted octanol–water partition coefficient (Wildman–Crippen LogP) is 5.84. The fourth-order valence-corrected chi connectivity index (χ4v) is 6.48. The standard InChI is InChI=1S/C29H24BrN3O6S2/c1-15(2)38-28(35)25-16(3)31-29-32(26(25)17-5-9-20(40-4)10-6-17)27(34)24(41-29)14-19-8-12-23(39-19)21-11-7-18(33(36)37)13-22(21)30/h5-15,26H,1-4H3/b24-14-/t26-/m0/s1. The number of hydrogen-bond donors (Lipinski definition) is 0. The van der Waals surface area contributed by atoms with E-state index in [1.165, 1.54) is 28.0 Å². The molecule has 0 fully saturated rings. The summed E-state index contributed by atoms with van der Waals surface area (Å²) in [6.07, 6.45) is 3.27. The van der Waals surface area contributed by atoms with Crippen LogP contribution in [0.5, 0.6) is 0 Å². The van der Waals surface area contributed by atoms with Crippen molar-refractivity contribution in [1.29, 1.82) is 0 Å². The van der Waals surface area contributed by atoms with E-state index in [2.05, 4.69) is 20.9 Å². The van der Waals surface area contributed by atoms with Crippen molar-refractivity contribution in [3.63, 3.8) is 0 Å². The monoisotopic (exact) mass is 653 g/mol. The third-order valence-electron chi connectivity index (χ3n) is 6.34. The Labute approximate surface area is 251 Å². The van der Waals surface area contributed by atoms with Crippen LogP contribution in [0.15, 0.2) is 89.4 Å². The quantitative estimate of drug-likeness (QED) is 0.106. The zero-order valence-corrected chi connectivity index (χ0v) is 25.6. The lowest BCUT2D eigenvalue weighted by molar-refractivity contribution is -0.384. The number of carbonyl (C=O) groups excluding carboxylic acids is 1. The molecule has 1 aliphatic rings. The van der Waals surface area contributed by atoms with Gasteiger partial charge in [0.15, 0.2) is 4.80 Å². The number of rotatable bonds is 7. The van der Waals surface area contributed by atoms with Crippen LogP contribution in [0.4, 0.5) is 5.69 Å². The lowest BCUT2D eigenvalue weighted by Gasteiger charge is -2.25. The molecule has 41 heavy (non-hydrogen) atoms. The third kappa shape index (κ3) is 5.72. The largest absolute Gasteiger partial charge is 0.459 e. The van der Waals surface area contributed by atoms with Crippen LogP contribution in [0, 0.1) is 10.1 Å². The van der Waals surface area contributed by atoms with Gasteiger partial charge in [-0.05, 0) is 78.9 Å². The molecule has 0 spiro atoms. The van der Waals surface area contributed by atoms with E-state index in [-0.39, 0.29) is 17.4 Å². The fraction of sp³-hybridized carbons (Fsp3) is 0.207. The maximum Gasteiger partial charge on any atom is 0.338 e. The second-order valence-electron chi connectivity index (χ2n) is 9.43. The fourth-order valence-electron chi connectivity index (χ4n) is 4.48. The molecule has 0 amide bonds. The van der Waals surface area contributed by atoms with E-state index in [1.807, 2.05) is 30.5 Å². The molecular formula is C29H24BrN3O6S2. The smallest absolute Gasteiger partial charge is 0.338 e. The van der Waals surface area contributed by atoms with Crippen LogP contribution in [0.1, 0.15) is 38.1 Å². The Hall–Kier alpha value is -3.74. The number of nitro groups is 1. The molecule has 3 heterocycles. The molecule has 9 nitrogen and oxygen atoms in total. The van der Waals surface area contributed by atoms with Crippen LogP contribution in [0.25, 0.3) is 17.4 Å². The summed E-state index contributed by atoms with van der Waals surface area (Å²) in [5, 5.41) is 11.1. The first-order chi connectivity index (χ1) is 19.6. The minimum absolute atomic E-state index is 0.0434. The Kier molecular flexibility index (Phi) is 8.16. The molecule has 2 aromatic heterocycles. The van der Waals surface area contributed by atoms with Crippen LogP contribution in [0.2, 0.25) is 0 Å². The summed E-state index contributed by atoms with van der Waals surface area (Å²) < 4.78 is 14.0. The van der Waals surface area contributed by atoms with E-state index in [1.54, 1.807) is 56.8 Å². The molecule has 1 aliphatic heterocycles. The Morgan fingerprint density at radius 3 is 2.59 bits per heavy atom. The van der Waals surface area contributed by atoms with E-state index in [4.69, 9.17) is 9.15 Å². The van der Waals surface area contributed by atoms with Crippen molar-refractivity contribution >= 4 is 56.8 Å². The van der Waals surface area contributed by atoms with Crippen molar-refractivity contribution in [3.8, 4) is 11.3 Å². The van der Waals surface area contributed by atoms with Gasteiger partial charge >= 0.3 is 5.97 Å². The Morgan fingerprint density at radius 2 is 1.95 bits per heavy atom. The Bertz CT molecular complexity index is 1890. The molecule has 5 rings (SSSR count). The van der Waals surface area contributed by atoms with Crippen molar-refractivity contribution < 1.29 is 18.9 Å². The lowest BCUT2D eigenvalue weighted by Crippen LogP contribution is -2.40. The number of nitrogens with zero attached hydrogens (tertiary/aromatic N) is 3. The van der Waals surface area contributed by atoms with Crippen LogP contribution in [-0.2, 0) is 9.53 Å². The number of thioether (sulfide) groups is 1. The highest BCUT2D eigenvalue weighted by Crippen LogP contribution is 2.34. The zero-order valence-electron chi connectivity index (χ0n) is 22.4. The van der Waals surface area contributed by atoms with Crippen LogP contribution in [-0.4, -0.2) is 27.8 Å². The molecule has 4 aromatic rings. The van der Waals surface area contributed by atoms with E-state index >= 15 is 0 Å². The summed E-state index contributed by atoms with van der Waals surface area (Å²) in [6, 6.07) is 14.9. The number of nitro benzene ring substituents is 1. The maximum absolute atomic E-state index is 13.8. The number of esters is 1. The third-order valence-corrected chi connectivity index (χ3v) is 8.73. The first kappa shape index (κ1) is 28.8. The zero-order chi connectivity index (χ0) is 29.4. The molecule has 210 valence electrons. The summed E-state index contributed by atoms with van der Waals surface area (Å²) in [6.45, 7) is 5.30. The minimum Gasteiger partial charge on any atom is -0.459 e. The number of carbonyl (C=O) groups is 1. The summed E-state index contributed by atoms with van der Waals surface area (Å²) >= 11 is 6.17. The number of aromatic nitrogens is 1. The average molecular weight is 655 g/mol. The number of allylic oxidation sites excluding steroid dienone is 1. The number of fused-ring (bicyclic) bond motifs is 1. The summed E-state index contributed by atoms with van der Waals surface area (Å²) in [7, 11) is 0. The molecule has 1 atom stereocenters. The van der Waals surface area contributed by atoms with E-state index in [9.17, 15) is 19.7 Å². The highest BCUT2D eigenvalue weighted by molar-refractivity contribution is 9.10. The second-order valence-corrected chi connectivity index (χ2v) is 12.2. The summed E-state index contributed by atoms with van der Waals surface area (Å²) in [4.78, 5) is 43.8. The van der Waals surface area contributed by atoms with Crippen molar-refractivity contribution in [1.82, 2.24) is 4.57 Å². The minimum atomic E-state index is -0.709. The van der Waals surface area contributed by atoms with Crippen molar-refractivity contribution in [2.24, 2.45) is 4.99 Å². The normalized spacial score (nSPS) is 15.2. The van der Waals surface area contributed by atoms with Gasteiger partial charge in [-0.25, -0.2) is 9.79 Å². The molecule has 2 aromatic carbocycles. The number of ether oxygens (including phenoxy) is 1. The number of furan rings is 1. The molecule has 0 aliphatic carbocycles. The number of halogens is 1. The highest BCUT2D eigenvalue weighted by Gasteiger charge is 2.33. The predicted molar refractivity (Wildman–Crippen MR) is 162 cm³/mol. The SMILES string of the molecule is CSc1ccc([C@H]2C(C(=O)OC(C)C)=C(C)N=c3s/c(=C\c4ccc(-c5ccc([N+](=O)[O-])cc5Br)o4)c(=O)n32)cc1.